The van der Waals surface area contributed by atoms with Gasteiger partial charge in [-0.2, -0.15) is 5.10 Å². The van der Waals surface area contributed by atoms with Gasteiger partial charge in [0, 0.05) is 23.8 Å². The minimum Gasteiger partial charge on any atom is -0.487 e. The third-order valence-electron chi connectivity index (χ3n) is 2.82. The molecule has 0 radical (unpaired) electrons. The molecule has 1 aromatic heterocycles. The molecule has 0 atom stereocenters. The van der Waals surface area contributed by atoms with Crippen LogP contribution in [0.4, 0.5) is 0 Å². The van der Waals surface area contributed by atoms with Crippen molar-refractivity contribution in [1.29, 1.82) is 0 Å². The molecule has 0 unspecified atom stereocenters. The number of ether oxygens (including phenoxy) is 1. The lowest BCUT2D eigenvalue weighted by Gasteiger charge is -2.07. The minimum atomic E-state index is 0.354. The molecule has 1 heterocycles. The second-order valence-corrected chi connectivity index (χ2v) is 5.03. The van der Waals surface area contributed by atoms with E-state index in [1.54, 1.807) is 6.07 Å². The highest BCUT2D eigenvalue weighted by molar-refractivity contribution is 6.31. The van der Waals surface area contributed by atoms with Crippen molar-refractivity contribution in [2.45, 2.75) is 33.0 Å². The van der Waals surface area contributed by atoms with Gasteiger partial charge in [0.15, 0.2) is 0 Å². The molecule has 0 aliphatic rings. The summed E-state index contributed by atoms with van der Waals surface area (Å²) in [6.45, 7) is 5.03. The van der Waals surface area contributed by atoms with Gasteiger partial charge in [-0.25, -0.2) is 0 Å². The number of hydrogen-bond acceptors (Lipinski definition) is 3. The number of nitrogens with zero attached hydrogens (tertiary/aromatic N) is 2. The molecule has 0 amide bonds. The van der Waals surface area contributed by atoms with Crippen LogP contribution < -0.4 is 10.5 Å². The zero-order valence-corrected chi connectivity index (χ0v) is 11.9. The van der Waals surface area contributed by atoms with E-state index in [4.69, 9.17) is 22.1 Å². The molecule has 0 saturated heterocycles. The summed E-state index contributed by atoms with van der Waals surface area (Å²) in [7, 11) is 0. The molecule has 0 aliphatic heterocycles. The largest absolute Gasteiger partial charge is 0.487 e. The van der Waals surface area contributed by atoms with Crippen molar-refractivity contribution in [3.05, 3.63) is 46.7 Å². The van der Waals surface area contributed by atoms with Gasteiger partial charge in [0.05, 0.1) is 5.69 Å². The Balaban J connectivity index is 1.99. The van der Waals surface area contributed by atoms with Gasteiger partial charge in [0.1, 0.15) is 12.4 Å². The molecule has 2 aromatic rings. The van der Waals surface area contributed by atoms with Crippen LogP contribution in [0.5, 0.6) is 5.75 Å². The molecule has 2 rings (SSSR count). The molecule has 0 fully saturated rings. The van der Waals surface area contributed by atoms with Crippen LogP contribution in [0.2, 0.25) is 5.02 Å². The zero-order valence-electron chi connectivity index (χ0n) is 11.1. The average molecular weight is 280 g/mol. The molecule has 4 nitrogen and oxygen atoms in total. The van der Waals surface area contributed by atoms with Crippen molar-refractivity contribution in [3.63, 3.8) is 0 Å². The van der Waals surface area contributed by atoms with Crippen LogP contribution in [-0.4, -0.2) is 9.78 Å². The van der Waals surface area contributed by atoms with Gasteiger partial charge in [0.25, 0.3) is 0 Å². The lowest BCUT2D eigenvalue weighted by atomic mass is 10.2. The van der Waals surface area contributed by atoms with Gasteiger partial charge in [-0.05, 0) is 37.6 Å². The van der Waals surface area contributed by atoms with Crippen molar-refractivity contribution < 1.29 is 4.74 Å². The maximum absolute atomic E-state index is 6.08. The van der Waals surface area contributed by atoms with E-state index in [-0.39, 0.29) is 0 Å². The summed E-state index contributed by atoms with van der Waals surface area (Å²) in [6.07, 6.45) is 1.95. The third kappa shape index (κ3) is 3.49. The Bertz CT molecular complexity index is 551. The second kappa shape index (κ2) is 6.08. The first-order valence-electron chi connectivity index (χ1n) is 6.25. The van der Waals surface area contributed by atoms with Crippen LogP contribution in [0.3, 0.4) is 0 Å². The van der Waals surface area contributed by atoms with Crippen molar-refractivity contribution in [2.24, 2.45) is 5.73 Å². The second-order valence-electron chi connectivity index (χ2n) is 4.63. The van der Waals surface area contributed by atoms with Crippen molar-refractivity contribution >= 4 is 11.6 Å². The van der Waals surface area contributed by atoms with Crippen LogP contribution in [0.25, 0.3) is 0 Å². The number of nitrogens with two attached hydrogens (primary N) is 1. The molecule has 0 spiro atoms. The smallest absolute Gasteiger partial charge is 0.132 e. The van der Waals surface area contributed by atoms with Crippen LogP contribution >= 0.6 is 11.6 Å². The number of benzene rings is 1. The molecule has 5 heteroatoms. The summed E-state index contributed by atoms with van der Waals surface area (Å²) in [5.41, 5.74) is 7.37. The van der Waals surface area contributed by atoms with Crippen LogP contribution in [0.15, 0.2) is 30.5 Å². The average Bonchev–Trinajstić information content (AvgIpc) is 2.85. The fourth-order valence-corrected chi connectivity index (χ4v) is 1.93. The molecule has 1 aromatic carbocycles. The lowest BCUT2D eigenvalue weighted by molar-refractivity contribution is 0.298. The Labute approximate surface area is 118 Å². The molecule has 0 bridgehead atoms. The van der Waals surface area contributed by atoms with Crippen molar-refractivity contribution in [3.8, 4) is 5.75 Å². The number of hydrogen-bond donors (Lipinski definition) is 1. The van der Waals surface area contributed by atoms with E-state index in [1.165, 1.54) is 0 Å². The number of aromatic nitrogens is 2. The molecule has 0 aliphatic carbocycles. The first-order chi connectivity index (χ1) is 9.10. The van der Waals surface area contributed by atoms with Gasteiger partial charge in [-0.15, -0.1) is 0 Å². The highest BCUT2D eigenvalue weighted by atomic mass is 35.5. The van der Waals surface area contributed by atoms with Gasteiger partial charge in [-0.3, -0.25) is 4.68 Å². The highest BCUT2D eigenvalue weighted by Crippen LogP contribution is 2.22. The van der Waals surface area contributed by atoms with Crippen molar-refractivity contribution in [1.82, 2.24) is 9.78 Å². The summed E-state index contributed by atoms with van der Waals surface area (Å²) < 4.78 is 7.57. The first-order valence-corrected chi connectivity index (χ1v) is 6.63. The maximum Gasteiger partial charge on any atom is 0.132 e. The van der Waals surface area contributed by atoms with Gasteiger partial charge in [-0.1, -0.05) is 17.7 Å². The summed E-state index contributed by atoms with van der Waals surface area (Å²) in [5.74, 6) is 0.723. The fourth-order valence-electron chi connectivity index (χ4n) is 1.68. The van der Waals surface area contributed by atoms with E-state index in [0.29, 0.717) is 24.2 Å². The van der Waals surface area contributed by atoms with Gasteiger partial charge in [0.2, 0.25) is 0 Å². The Hall–Kier alpha value is -1.52. The normalized spacial score (nSPS) is 11.0. The Kier molecular flexibility index (Phi) is 4.45. The van der Waals surface area contributed by atoms with E-state index in [0.717, 1.165) is 17.0 Å². The third-order valence-corrected chi connectivity index (χ3v) is 3.18. The summed E-state index contributed by atoms with van der Waals surface area (Å²) >= 11 is 6.08. The Morgan fingerprint density at radius 3 is 2.74 bits per heavy atom. The summed E-state index contributed by atoms with van der Waals surface area (Å²) in [6, 6.07) is 7.84. The first kappa shape index (κ1) is 13.9. The van der Waals surface area contributed by atoms with E-state index in [1.807, 2.05) is 29.1 Å². The van der Waals surface area contributed by atoms with Crippen LogP contribution in [0.1, 0.15) is 31.1 Å². The molecular formula is C14H18ClN3O. The van der Waals surface area contributed by atoms with Crippen LogP contribution in [-0.2, 0) is 13.2 Å². The van der Waals surface area contributed by atoms with Gasteiger partial charge < -0.3 is 10.5 Å². The molecule has 102 valence electrons. The quantitative estimate of drug-likeness (QED) is 0.915. The SMILES string of the molecule is CC(C)n1ccc(COc2ccc(CN)c(Cl)c2)n1. The minimum absolute atomic E-state index is 0.354. The zero-order chi connectivity index (χ0) is 13.8. The maximum atomic E-state index is 6.08. The molecule has 0 saturated carbocycles. The topological polar surface area (TPSA) is 53.1 Å². The fraction of sp³-hybridized carbons (Fsp3) is 0.357. The van der Waals surface area contributed by atoms with E-state index in [9.17, 15) is 0 Å². The monoisotopic (exact) mass is 279 g/mol. The van der Waals surface area contributed by atoms with E-state index in [2.05, 4.69) is 18.9 Å². The Morgan fingerprint density at radius 2 is 2.16 bits per heavy atom. The van der Waals surface area contributed by atoms with E-state index >= 15 is 0 Å². The Morgan fingerprint density at radius 1 is 1.37 bits per heavy atom. The summed E-state index contributed by atoms with van der Waals surface area (Å²) in [5, 5.41) is 5.05. The standard InChI is InChI=1S/C14H18ClN3O/c1-10(2)18-6-5-12(17-18)9-19-13-4-3-11(8-16)14(15)7-13/h3-7,10H,8-9,16H2,1-2H3. The van der Waals surface area contributed by atoms with Gasteiger partial charge >= 0.3 is 0 Å². The van der Waals surface area contributed by atoms with Crippen molar-refractivity contribution in [2.75, 3.05) is 0 Å². The predicted octanol–water partition coefficient (Wildman–Crippen LogP) is 3.16. The molecule has 19 heavy (non-hydrogen) atoms. The summed E-state index contributed by atoms with van der Waals surface area (Å²) in [4.78, 5) is 0. The lowest BCUT2D eigenvalue weighted by Crippen LogP contribution is -2.03. The number of halogens is 1. The van der Waals surface area contributed by atoms with E-state index < -0.39 is 0 Å². The molecule has 2 N–H and O–H groups in total. The number of rotatable bonds is 5. The predicted molar refractivity (Wildman–Crippen MR) is 76.3 cm³/mol. The molecular weight excluding hydrogens is 262 g/mol. The van der Waals surface area contributed by atoms with Crippen LogP contribution in [0, 0.1) is 0 Å². The highest BCUT2D eigenvalue weighted by Gasteiger charge is 2.04.